The van der Waals surface area contributed by atoms with Gasteiger partial charge in [0.05, 0.1) is 12.0 Å². The molecule has 0 fully saturated rings. The smallest absolute Gasteiger partial charge is 0.407 e. The Hall–Kier alpha value is -1.77. The molecule has 2 rings (SSSR count). The van der Waals surface area contributed by atoms with Crippen molar-refractivity contribution < 1.29 is 14.1 Å². The van der Waals surface area contributed by atoms with Crippen LogP contribution in [-0.2, 0) is 9.30 Å². The van der Waals surface area contributed by atoms with Crippen LogP contribution in [0.15, 0.2) is 60.7 Å². The van der Waals surface area contributed by atoms with Crippen molar-refractivity contribution in [2.75, 3.05) is 19.3 Å². The van der Waals surface area contributed by atoms with Crippen molar-refractivity contribution in [3.05, 3.63) is 60.7 Å². The lowest BCUT2D eigenvalue weighted by atomic mass is 10.4. The minimum atomic E-state index is -2.88. The van der Waals surface area contributed by atoms with E-state index < -0.39 is 18.6 Å². The van der Waals surface area contributed by atoms with E-state index in [4.69, 9.17) is 16.3 Å². The van der Waals surface area contributed by atoms with Crippen LogP contribution in [0.2, 0.25) is 0 Å². The molecule has 0 spiro atoms. The molecule has 4 nitrogen and oxygen atoms in total. The Morgan fingerprint density at radius 2 is 1.58 bits per heavy atom. The Balaban J connectivity index is 2.19. The van der Waals surface area contributed by atoms with Crippen LogP contribution in [0.5, 0.6) is 0 Å². The van der Waals surface area contributed by atoms with Crippen LogP contribution in [0.1, 0.15) is 6.92 Å². The molecule has 0 aliphatic heterocycles. The largest absolute Gasteiger partial charge is 0.450 e. The van der Waals surface area contributed by atoms with Crippen molar-refractivity contribution in [1.82, 2.24) is 5.32 Å². The topological polar surface area (TPSA) is 55.4 Å². The molecule has 24 heavy (non-hydrogen) atoms. The van der Waals surface area contributed by atoms with Gasteiger partial charge in [-0.3, -0.25) is 0 Å². The van der Waals surface area contributed by atoms with Gasteiger partial charge in [0.25, 0.3) is 0 Å². The average molecular weight is 366 g/mol. The van der Waals surface area contributed by atoms with Crippen molar-refractivity contribution in [3.63, 3.8) is 0 Å². The quantitative estimate of drug-likeness (QED) is 0.604. The van der Waals surface area contributed by atoms with Gasteiger partial charge in [-0.1, -0.05) is 60.7 Å². The Morgan fingerprint density at radius 1 is 1.08 bits per heavy atom. The highest BCUT2D eigenvalue weighted by Crippen LogP contribution is 2.44. The monoisotopic (exact) mass is 365 g/mol. The molecule has 6 heteroatoms. The number of benzene rings is 2. The predicted octanol–water partition coefficient (Wildman–Crippen LogP) is 3.35. The molecule has 0 aromatic heterocycles. The minimum absolute atomic E-state index is 0.198. The molecule has 2 aromatic carbocycles. The van der Waals surface area contributed by atoms with Crippen LogP contribution in [0, 0.1) is 0 Å². The third-order valence-corrected chi connectivity index (χ3v) is 7.29. The zero-order valence-corrected chi connectivity index (χ0v) is 15.2. The normalized spacial score (nSPS) is 12.4. The van der Waals surface area contributed by atoms with Gasteiger partial charge in [0.1, 0.15) is 7.14 Å². The maximum absolute atomic E-state index is 13.8. The summed E-state index contributed by atoms with van der Waals surface area (Å²) in [5, 5.41) is 3.65. The van der Waals surface area contributed by atoms with Crippen molar-refractivity contribution in [2.24, 2.45) is 0 Å². The van der Waals surface area contributed by atoms with Crippen LogP contribution in [0.25, 0.3) is 0 Å². The highest BCUT2D eigenvalue weighted by molar-refractivity contribution is 7.78. The summed E-state index contributed by atoms with van der Waals surface area (Å²) in [6, 6.07) is 18.7. The van der Waals surface area contributed by atoms with Gasteiger partial charge in [0, 0.05) is 23.3 Å². The van der Waals surface area contributed by atoms with E-state index in [2.05, 4.69) is 5.32 Å². The Morgan fingerprint density at radius 3 is 2.04 bits per heavy atom. The number of carbonyl (C=O) groups excluding carboxylic acids is 1. The Kier molecular flexibility index (Phi) is 6.89. The van der Waals surface area contributed by atoms with E-state index in [1.165, 1.54) is 0 Å². The van der Waals surface area contributed by atoms with Gasteiger partial charge in [0.15, 0.2) is 0 Å². The summed E-state index contributed by atoms with van der Waals surface area (Å²) in [6.07, 6.45) is -0.257. The van der Waals surface area contributed by atoms with Gasteiger partial charge in [0.2, 0.25) is 0 Å². The van der Waals surface area contributed by atoms with Crippen LogP contribution < -0.4 is 15.9 Å². The van der Waals surface area contributed by atoms with Gasteiger partial charge in [-0.15, -0.1) is 11.6 Å². The maximum Gasteiger partial charge on any atom is 0.407 e. The third-order valence-electron chi connectivity index (χ3n) is 3.55. The molecule has 0 radical (unpaired) electrons. The van der Waals surface area contributed by atoms with E-state index in [-0.39, 0.29) is 12.7 Å². The first-order valence-corrected chi connectivity index (χ1v) is 10.1. The van der Waals surface area contributed by atoms with Crippen LogP contribution in [-0.4, -0.2) is 30.8 Å². The number of nitrogens with one attached hydrogen (secondary N) is 1. The van der Waals surface area contributed by atoms with Gasteiger partial charge in [-0.2, -0.15) is 0 Å². The van der Waals surface area contributed by atoms with Crippen molar-refractivity contribution >= 4 is 35.4 Å². The molecular weight excluding hydrogens is 345 g/mol. The van der Waals surface area contributed by atoms with Gasteiger partial charge >= 0.3 is 6.09 Å². The average Bonchev–Trinajstić information content (AvgIpc) is 2.62. The molecule has 0 unspecified atom stereocenters. The van der Waals surface area contributed by atoms with E-state index in [1.54, 1.807) is 6.92 Å². The van der Waals surface area contributed by atoms with E-state index in [0.29, 0.717) is 6.61 Å². The fraction of sp³-hybridized carbons (Fsp3) is 0.278. The molecule has 0 saturated heterocycles. The summed E-state index contributed by atoms with van der Waals surface area (Å²) in [7, 11) is -2.88. The fourth-order valence-electron chi connectivity index (χ4n) is 2.42. The van der Waals surface area contributed by atoms with E-state index >= 15 is 0 Å². The first kappa shape index (κ1) is 18.6. The molecule has 128 valence electrons. The van der Waals surface area contributed by atoms with Crippen molar-refractivity contribution in [3.8, 4) is 0 Å². The molecule has 0 saturated carbocycles. The summed E-state index contributed by atoms with van der Waals surface area (Å²) >= 11 is 6.37. The number of carbonyl (C=O) groups is 1. The lowest BCUT2D eigenvalue weighted by Crippen LogP contribution is -2.33. The highest BCUT2D eigenvalue weighted by Gasteiger charge is 2.30. The molecule has 0 bridgehead atoms. The number of rotatable bonds is 7. The van der Waals surface area contributed by atoms with Gasteiger partial charge in [-0.25, -0.2) is 4.79 Å². The summed E-state index contributed by atoms with van der Waals surface area (Å²) < 4.78 is 18.6. The number of hydrogen-bond donors (Lipinski definition) is 1. The highest BCUT2D eigenvalue weighted by atomic mass is 35.5. The standard InChI is InChI=1S/C18H21ClNO3P/c1-2-23-18(21)20-13-15(19)14-24(22,16-9-5-3-6-10-16)17-11-7-4-8-12-17/h3-12,15H,2,13-14H2,1H3,(H,20,21)/t15-/m1/s1. The molecule has 2 aromatic rings. The maximum atomic E-state index is 13.8. The molecule has 0 aliphatic carbocycles. The fourth-order valence-corrected chi connectivity index (χ4v) is 5.79. The second kappa shape index (κ2) is 8.91. The zero-order chi connectivity index (χ0) is 17.4. The molecule has 1 N–H and O–H groups in total. The molecule has 0 heterocycles. The lowest BCUT2D eigenvalue weighted by Gasteiger charge is -2.22. The third kappa shape index (κ3) is 4.86. The summed E-state index contributed by atoms with van der Waals surface area (Å²) in [5.41, 5.74) is 0. The first-order valence-electron chi connectivity index (χ1n) is 7.81. The number of halogens is 1. The summed E-state index contributed by atoms with van der Waals surface area (Å²) in [4.78, 5) is 11.4. The number of amides is 1. The van der Waals surface area contributed by atoms with E-state index in [1.807, 2.05) is 60.7 Å². The second-order valence-corrected chi connectivity index (χ2v) is 8.79. The Labute approximate surface area is 147 Å². The second-order valence-electron chi connectivity index (χ2n) is 5.29. The van der Waals surface area contributed by atoms with Gasteiger partial charge < -0.3 is 14.6 Å². The number of alkyl halides is 1. The van der Waals surface area contributed by atoms with E-state index in [0.717, 1.165) is 10.6 Å². The zero-order valence-electron chi connectivity index (χ0n) is 13.5. The summed E-state index contributed by atoms with van der Waals surface area (Å²) in [5.74, 6) is 0. The van der Waals surface area contributed by atoms with Crippen LogP contribution >= 0.6 is 18.7 Å². The lowest BCUT2D eigenvalue weighted by molar-refractivity contribution is 0.152. The van der Waals surface area contributed by atoms with Crippen molar-refractivity contribution in [1.29, 1.82) is 0 Å². The molecular formula is C18H21ClNO3P. The number of hydrogen-bond acceptors (Lipinski definition) is 3. The SMILES string of the molecule is CCOC(=O)NC[C@@H](Cl)CP(=O)(c1ccccc1)c1ccccc1. The van der Waals surface area contributed by atoms with Crippen LogP contribution in [0.3, 0.4) is 0 Å². The molecule has 1 amide bonds. The van der Waals surface area contributed by atoms with Crippen molar-refractivity contribution in [2.45, 2.75) is 12.3 Å². The summed E-state index contributed by atoms with van der Waals surface area (Å²) in [6.45, 7) is 2.23. The predicted molar refractivity (Wildman–Crippen MR) is 99.3 cm³/mol. The molecule has 1 atom stereocenters. The van der Waals surface area contributed by atoms with E-state index in [9.17, 15) is 9.36 Å². The van der Waals surface area contributed by atoms with Gasteiger partial charge in [-0.05, 0) is 6.92 Å². The Bertz CT molecular complexity index is 650. The van der Waals surface area contributed by atoms with Crippen LogP contribution in [0.4, 0.5) is 4.79 Å². The number of ether oxygens (including phenoxy) is 1. The molecule has 0 aliphatic rings. The first-order chi connectivity index (χ1) is 11.6. The minimum Gasteiger partial charge on any atom is -0.450 e. The number of alkyl carbamates (subject to hydrolysis) is 1.